The van der Waals surface area contributed by atoms with Crippen LogP contribution in [-0.2, 0) is 6.42 Å². The summed E-state index contributed by atoms with van der Waals surface area (Å²) in [5, 5.41) is 14.9. The van der Waals surface area contributed by atoms with Crippen molar-refractivity contribution >= 4 is 22.3 Å². The molecule has 0 aliphatic carbocycles. The highest BCUT2D eigenvalue weighted by Gasteiger charge is 2.10. The van der Waals surface area contributed by atoms with Crippen LogP contribution in [0.2, 0.25) is 0 Å². The van der Waals surface area contributed by atoms with Gasteiger partial charge >= 0.3 is 0 Å². The number of aromatic nitrogens is 1. The van der Waals surface area contributed by atoms with Crippen LogP contribution in [0.15, 0.2) is 48.7 Å². The van der Waals surface area contributed by atoms with Crippen LogP contribution in [0.25, 0.3) is 10.9 Å². The molecular formula is C16H15N3O2. The molecule has 2 aromatic carbocycles. The van der Waals surface area contributed by atoms with Crippen molar-refractivity contribution in [3.05, 3.63) is 69.9 Å². The molecule has 3 rings (SSSR count). The molecule has 21 heavy (non-hydrogen) atoms. The van der Waals surface area contributed by atoms with E-state index in [0.29, 0.717) is 0 Å². The Morgan fingerprint density at radius 1 is 1.19 bits per heavy atom. The third kappa shape index (κ3) is 2.58. The van der Waals surface area contributed by atoms with Crippen molar-refractivity contribution < 1.29 is 4.92 Å². The van der Waals surface area contributed by atoms with Crippen molar-refractivity contribution in [2.24, 2.45) is 0 Å². The minimum Gasteiger partial charge on any atom is -0.388 e. The molecule has 0 atom stereocenters. The van der Waals surface area contributed by atoms with E-state index in [-0.39, 0.29) is 10.6 Å². The average Bonchev–Trinajstić information content (AvgIpc) is 2.90. The number of anilines is 1. The van der Waals surface area contributed by atoms with Crippen molar-refractivity contribution in [2.45, 2.75) is 6.42 Å². The van der Waals surface area contributed by atoms with E-state index >= 15 is 0 Å². The number of hydrogen-bond acceptors (Lipinski definition) is 3. The standard InChI is InChI=1S/C16H15N3O2/c1-17-13-4-2-11(3-5-13)8-12-10-18-16-9-14(19(20)21)6-7-15(12)16/h2-7,9-10,17-18H,8H2,1H3. The molecule has 1 aromatic heterocycles. The van der Waals surface area contributed by atoms with Crippen LogP contribution in [0.3, 0.4) is 0 Å². The number of aromatic amines is 1. The van der Waals surface area contributed by atoms with E-state index < -0.39 is 0 Å². The summed E-state index contributed by atoms with van der Waals surface area (Å²) < 4.78 is 0. The second-order valence-corrected chi connectivity index (χ2v) is 4.92. The highest BCUT2D eigenvalue weighted by Crippen LogP contribution is 2.25. The number of non-ortho nitro benzene ring substituents is 1. The molecule has 2 N–H and O–H groups in total. The van der Waals surface area contributed by atoms with Crippen molar-refractivity contribution in [1.29, 1.82) is 0 Å². The summed E-state index contributed by atoms with van der Waals surface area (Å²) in [5.74, 6) is 0. The Hall–Kier alpha value is -2.82. The van der Waals surface area contributed by atoms with E-state index in [1.54, 1.807) is 18.2 Å². The number of nitro groups is 1. The molecule has 0 aliphatic heterocycles. The molecule has 5 nitrogen and oxygen atoms in total. The third-order valence-corrected chi connectivity index (χ3v) is 3.60. The van der Waals surface area contributed by atoms with E-state index in [4.69, 9.17) is 0 Å². The number of fused-ring (bicyclic) bond motifs is 1. The van der Waals surface area contributed by atoms with Gasteiger partial charge in [0.2, 0.25) is 0 Å². The third-order valence-electron chi connectivity index (χ3n) is 3.60. The molecule has 1 heterocycles. The maximum Gasteiger partial charge on any atom is 0.271 e. The van der Waals surface area contributed by atoms with Gasteiger partial charge in [-0.2, -0.15) is 0 Å². The minimum absolute atomic E-state index is 0.106. The molecule has 0 amide bonds. The summed E-state index contributed by atoms with van der Waals surface area (Å²) >= 11 is 0. The summed E-state index contributed by atoms with van der Waals surface area (Å²) in [4.78, 5) is 13.5. The van der Waals surface area contributed by atoms with Gasteiger partial charge in [-0.25, -0.2) is 0 Å². The highest BCUT2D eigenvalue weighted by molar-refractivity contribution is 5.85. The first kappa shape index (κ1) is 13.2. The Kier molecular flexibility index (Phi) is 3.31. The minimum atomic E-state index is -0.379. The number of nitro benzene ring substituents is 1. The van der Waals surface area contributed by atoms with Gasteiger partial charge in [0.1, 0.15) is 0 Å². The Morgan fingerprint density at radius 2 is 1.95 bits per heavy atom. The van der Waals surface area contributed by atoms with Gasteiger partial charge in [-0.1, -0.05) is 12.1 Å². The molecule has 0 bridgehead atoms. The number of benzene rings is 2. The van der Waals surface area contributed by atoms with E-state index in [0.717, 1.165) is 28.6 Å². The van der Waals surface area contributed by atoms with E-state index in [1.807, 2.05) is 25.4 Å². The van der Waals surface area contributed by atoms with Crippen LogP contribution in [0.5, 0.6) is 0 Å². The van der Waals surface area contributed by atoms with E-state index in [9.17, 15) is 10.1 Å². The summed E-state index contributed by atoms with van der Waals surface area (Å²) in [7, 11) is 1.89. The number of hydrogen-bond donors (Lipinski definition) is 2. The predicted octanol–water partition coefficient (Wildman–Crippen LogP) is 3.71. The summed E-state index contributed by atoms with van der Waals surface area (Å²) in [5.41, 5.74) is 4.32. The molecule has 0 fully saturated rings. The fourth-order valence-corrected chi connectivity index (χ4v) is 2.44. The number of H-pyrrole nitrogens is 1. The molecule has 0 spiro atoms. The van der Waals surface area contributed by atoms with Gasteiger partial charge in [-0.3, -0.25) is 10.1 Å². The van der Waals surface area contributed by atoms with Crippen LogP contribution in [-0.4, -0.2) is 17.0 Å². The first-order valence-electron chi connectivity index (χ1n) is 6.68. The molecule has 0 radical (unpaired) electrons. The van der Waals surface area contributed by atoms with E-state index in [1.165, 1.54) is 5.56 Å². The lowest BCUT2D eigenvalue weighted by atomic mass is 10.0. The molecule has 0 saturated carbocycles. The molecule has 0 unspecified atom stereocenters. The summed E-state index contributed by atoms with van der Waals surface area (Å²) in [6.07, 6.45) is 2.71. The van der Waals surface area contributed by atoms with Crippen molar-refractivity contribution in [3.8, 4) is 0 Å². The van der Waals surface area contributed by atoms with Gasteiger partial charge in [-0.05, 0) is 35.7 Å². The van der Waals surface area contributed by atoms with Crippen LogP contribution < -0.4 is 5.32 Å². The Morgan fingerprint density at radius 3 is 2.62 bits per heavy atom. The van der Waals surface area contributed by atoms with Crippen molar-refractivity contribution in [2.75, 3.05) is 12.4 Å². The largest absolute Gasteiger partial charge is 0.388 e. The van der Waals surface area contributed by atoms with Gasteiger partial charge in [-0.15, -0.1) is 0 Å². The monoisotopic (exact) mass is 281 g/mol. The van der Waals surface area contributed by atoms with Crippen molar-refractivity contribution in [1.82, 2.24) is 4.98 Å². The number of nitrogens with one attached hydrogen (secondary N) is 2. The van der Waals surface area contributed by atoms with Gasteiger partial charge < -0.3 is 10.3 Å². The molecule has 3 aromatic rings. The number of rotatable bonds is 4. The molecule has 0 saturated heterocycles. The molecule has 106 valence electrons. The first-order valence-corrected chi connectivity index (χ1v) is 6.68. The lowest BCUT2D eigenvalue weighted by Crippen LogP contribution is -1.90. The highest BCUT2D eigenvalue weighted by atomic mass is 16.6. The van der Waals surface area contributed by atoms with Crippen LogP contribution in [0, 0.1) is 10.1 Å². The Bertz CT molecular complexity index is 791. The normalized spacial score (nSPS) is 10.7. The Labute approximate surface area is 121 Å². The lowest BCUT2D eigenvalue weighted by Gasteiger charge is -2.03. The fourth-order valence-electron chi connectivity index (χ4n) is 2.44. The molecular weight excluding hydrogens is 266 g/mol. The molecule has 0 aliphatic rings. The fraction of sp³-hybridized carbons (Fsp3) is 0.125. The number of nitrogens with zero attached hydrogens (tertiary/aromatic N) is 1. The molecule has 5 heteroatoms. The van der Waals surface area contributed by atoms with Crippen molar-refractivity contribution in [3.63, 3.8) is 0 Å². The second-order valence-electron chi connectivity index (χ2n) is 4.92. The van der Waals surface area contributed by atoms with Gasteiger partial charge in [0, 0.05) is 36.5 Å². The van der Waals surface area contributed by atoms with Crippen LogP contribution in [0.4, 0.5) is 11.4 Å². The van der Waals surface area contributed by atoms with Gasteiger partial charge in [0.05, 0.1) is 10.4 Å². The quantitative estimate of drug-likeness (QED) is 0.565. The predicted molar refractivity (Wildman–Crippen MR) is 83.7 cm³/mol. The zero-order valence-corrected chi connectivity index (χ0v) is 11.6. The van der Waals surface area contributed by atoms with Gasteiger partial charge in [0.15, 0.2) is 0 Å². The zero-order chi connectivity index (χ0) is 14.8. The SMILES string of the molecule is CNc1ccc(Cc2c[nH]c3cc([N+](=O)[O-])ccc23)cc1. The lowest BCUT2D eigenvalue weighted by molar-refractivity contribution is -0.384. The second kappa shape index (κ2) is 5.28. The summed E-state index contributed by atoms with van der Waals surface area (Å²) in [6.45, 7) is 0. The van der Waals surface area contributed by atoms with Gasteiger partial charge in [0.25, 0.3) is 5.69 Å². The topological polar surface area (TPSA) is 71.0 Å². The maximum absolute atomic E-state index is 10.8. The van der Waals surface area contributed by atoms with Crippen LogP contribution in [0.1, 0.15) is 11.1 Å². The average molecular weight is 281 g/mol. The smallest absolute Gasteiger partial charge is 0.271 e. The zero-order valence-electron chi connectivity index (χ0n) is 11.6. The maximum atomic E-state index is 10.8. The van der Waals surface area contributed by atoms with E-state index in [2.05, 4.69) is 22.4 Å². The first-order chi connectivity index (χ1) is 10.2. The summed E-state index contributed by atoms with van der Waals surface area (Å²) in [6, 6.07) is 13.2. The Balaban J connectivity index is 1.91. The van der Waals surface area contributed by atoms with Crippen LogP contribution >= 0.6 is 0 Å².